The number of pyridine rings is 2. The van der Waals surface area contributed by atoms with E-state index in [1.54, 1.807) is 51.4 Å². The van der Waals surface area contributed by atoms with Gasteiger partial charge in [-0.05, 0) is 57.0 Å². The Hall–Kier alpha value is -4.09. The zero-order chi connectivity index (χ0) is 27.7. The number of imidazole rings is 1. The molecule has 2 atom stereocenters. The molecule has 3 aromatic heterocycles. The van der Waals surface area contributed by atoms with Crippen LogP contribution in [0.1, 0.15) is 32.8 Å². The predicted molar refractivity (Wildman–Crippen MR) is 144 cm³/mol. The van der Waals surface area contributed by atoms with E-state index >= 15 is 0 Å². The monoisotopic (exact) mass is 534 g/mol. The summed E-state index contributed by atoms with van der Waals surface area (Å²) in [5, 5.41) is 22.3. The summed E-state index contributed by atoms with van der Waals surface area (Å²) in [4.78, 5) is 30.6. The highest BCUT2D eigenvalue weighted by atomic mass is 19.1. The van der Waals surface area contributed by atoms with Gasteiger partial charge in [0, 0.05) is 37.0 Å². The molecule has 0 aliphatic carbocycles. The average molecular weight is 535 g/mol. The van der Waals surface area contributed by atoms with Crippen molar-refractivity contribution in [1.82, 2.24) is 25.3 Å². The highest BCUT2D eigenvalue weighted by Gasteiger charge is 2.26. The Kier molecular flexibility index (Phi) is 7.19. The first kappa shape index (κ1) is 26.5. The van der Waals surface area contributed by atoms with Crippen LogP contribution in [0.3, 0.4) is 0 Å². The second-order valence-corrected chi connectivity index (χ2v) is 10.6. The molecule has 5 rings (SSSR count). The van der Waals surface area contributed by atoms with Gasteiger partial charge in [-0.15, -0.1) is 0 Å². The molecule has 0 saturated carbocycles. The molecule has 1 amide bonds. The largest absolute Gasteiger partial charge is 0.444 e. The van der Waals surface area contributed by atoms with Gasteiger partial charge < -0.3 is 30.2 Å². The molecule has 1 aliphatic heterocycles. The summed E-state index contributed by atoms with van der Waals surface area (Å²) in [6.07, 6.45) is 1.71. The van der Waals surface area contributed by atoms with Crippen molar-refractivity contribution < 1.29 is 24.1 Å². The fourth-order valence-corrected chi connectivity index (χ4v) is 4.48. The van der Waals surface area contributed by atoms with E-state index in [0.29, 0.717) is 53.3 Å². The third-order valence-corrected chi connectivity index (χ3v) is 6.48. The van der Waals surface area contributed by atoms with Crippen LogP contribution in [-0.2, 0) is 11.3 Å². The number of nitrogens with zero attached hydrogens (tertiary/aromatic N) is 4. The molecule has 39 heavy (non-hydrogen) atoms. The number of anilines is 1. The maximum atomic E-state index is 15.0. The first-order valence-corrected chi connectivity index (χ1v) is 12.8. The van der Waals surface area contributed by atoms with Crippen LogP contribution in [0.15, 0.2) is 48.8 Å². The number of nitrogens with one attached hydrogen (secondary N) is 2. The molecule has 0 unspecified atom stereocenters. The molecule has 4 aromatic rings. The Labute approximate surface area is 224 Å². The number of piperidine rings is 1. The van der Waals surface area contributed by atoms with E-state index < -0.39 is 29.7 Å². The van der Waals surface area contributed by atoms with Gasteiger partial charge in [-0.25, -0.2) is 19.2 Å². The van der Waals surface area contributed by atoms with E-state index in [1.807, 2.05) is 17.0 Å². The molecule has 0 spiro atoms. The molecule has 0 bridgehead atoms. The lowest BCUT2D eigenvalue weighted by atomic mass is 10.0. The number of alkyl carbamates (subject to hydrolysis) is 1. The lowest BCUT2D eigenvalue weighted by Crippen LogP contribution is -2.46. The normalized spacial score (nSPS) is 17.8. The number of fused-ring (bicyclic) bond motifs is 1. The van der Waals surface area contributed by atoms with E-state index in [1.165, 1.54) is 6.07 Å². The number of halogens is 1. The number of β-amino-alcohol motifs (C(OH)–C–C–N with tert-alkyl or cyclic N) is 1. The Balaban J connectivity index is 1.34. The zero-order valence-corrected chi connectivity index (χ0v) is 22.0. The number of carbonyl (C=O) groups is 1. The number of amides is 1. The molecule has 1 saturated heterocycles. The number of H-pyrrole nitrogens is 1. The Morgan fingerprint density at radius 2 is 2.00 bits per heavy atom. The second kappa shape index (κ2) is 10.6. The van der Waals surface area contributed by atoms with Gasteiger partial charge in [0.15, 0.2) is 11.5 Å². The fourth-order valence-electron chi connectivity index (χ4n) is 4.48. The van der Waals surface area contributed by atoms with E-state index in [0.717, 1.165) is 11.3 Å². The van der Waals surface area contributed by atoms with Gasteiger partial charge in [0.2, 0.25) is 0 Å². The maximum absolute atomic E-state index is 15.0. The van der Waals surface area contributed by atoms with Crippen molar-refractivity contribution in [3.05, 3.63) is 60.2 Å². The molecule has 4 heterocycles. The summed E-state index contributed by atoms with van der Waals surface area (Å²) in [5.41, 5.74) is 3.61. The van der Waals surface area contributed by atoms with Crippen LogP contribution in [0.4, 0.5) is 14.9 Å². The van der Waals surface area contributed by atoms with Crippen molar-refractivity contribution in [2.45, 2.75) is 51.5 Å². The number of benzene rings is 1. The minimum atomic E-state index is -0.793. The quantitative estimate of drug-likeness (QED) is 0.304. The van der Waals surface area contributed by atoms with E-state index in [-0.39, 0.29) is 6.54 Å². The van der Waals surface area contributed by atoms with Crippen LogP contribution in [0.2, 0.25) is 0 Å². The van der Waals surface area contributed by atoms with Gasteiger partial charge >= 0.3 is 6.09 Å². The van der Waals surface area contributed by atoms with Crippen LogP contribution in [0.5, 0.6) is 0 Å². The van der Waals surface area contributed by atoms with Gasteiger partial charge in [0.25, 0.3) is 0 Å². The van der Waals surface area contributed by atoms with Crippen LogP contribution in [-0.4, -0.2) is 67.1 Å². The number of ether oxygens (including phenoxy) is 1. The molecule has 204 valence electrons. The molecule has 1 fully saturated rings. The van der Waals surface area contributed by atoms with Crippen LogP contribution >= 0.6 is 0 Å². The summed E-state index contributed by atoms with van der Waals surface area (Å²) in [6.45, 7) is 6.25. The predicted octanol–water partition coefficient (Wildman–Crippen LogP) is 3.78. The lowest BCUT2D eigenvalue weighted by Gasteiger charge is -2.34. The Morgan fingerprint density at radius 1 is 1.18 bits per heavy atom. The average Bonchev–Trinajstić information content (AvgIpc) is 3.33. The van der Waals surface area contributed by atoms with Crippen molar-refractivity contribution in [2.24, 2.45) is 0 Å². The molecular formula is C28H31FN6O4. The number of aliphatic hydroxyl groups excluding tert-OH is 2. The van der Waals surface area contributed by atoms with Gasteiger partial charge in [-0.2, -0.15) is 0 Å². The highest BCUT2D eigenvalue weighted by Crippen LogP contribution is 2.30. The maximum Gasteiger partial charge on any atom is 0.407 e. The minimum Gasteiger partial charge on any atom is -0.444 e. The standard InChI is InChI=1S/C28H31FN6O4/c1-28(2,3)39-27(38)32-13-17-5-4-16(12-20(17)29)19-8-10-30-26-24(19)33-25(34-26)21-7-6-18(14-31-21)35-11-9-22(36)23(37)15-35/h4-8,10,12,14,22-23,36-37H,9,11,13,15H2,1-3H3,(H,32,38)(H,30,33,34)/t22-,23-/m0/s1. The van der Waals surface area contributed by atoms with Gasteiger partial charge in [0.05, 0.1) is 29.6 Å². The van der Waals surface area contributed by atoms with E-state index in [4.69, 9.17) is 4.74 Å². The third-order valence-electron chi connectivity index (χ3n) is 6.48. The van der Waals surface area contributed by atoms with Gasteiger partial charge in [-0.3, -0.25) is 4.98 Å². The number of carbonyl (C=O) groups excluding carboxylic acids is 1. The fraction of sp³-hybridized carbons (Fsp3) is 0.357. The van der Waals surface area contributed by atoms with Crippen LogP contribution < -0.4 is 10.2 Å². The number of hydrogen-bond donors (Lipinski definition) is 4. The number of aromatic nitrogens is 4. The van der Waals surface area contributed by atoms with Gasteiger partial charge in [0.1, 0.15) is 17.1 Å². The van der Waals surface area contributed by atoms with E-state index in [9.17, 15) is 19.4 Å². The van der Waals surface area contributed by atoms with Crippen molar-refractivity contribution in [3.63, 3.8) is 0 Å². The zero-order valence-electron chi connectivity index (χ0n) is 22.0. The smallest absolute Gasteiger partial charge is 0.407 e. The topological polar surface area (TPSA) is 136 Å². The van der Waals surface area contributed by atoms with Crippen LogP contribution in [0.25, 0.3) is 33.8 Å². The summed E-state index contributed by atoms with van der Waals surface area (Å²) in [7, 11) is 0. The molecule has 11 heteroatoms. The van der Waals surface area contributed by atoms with Crippen molar-refractivity contribution in [2.75, 3.05) is 18.0 Å². The van der Waals surface area contributed by atoms with Crippen LogP contribution in [0, 0.1) is 5.82 Å². The molecule has 0 radical (unpaired) electrons. The molecule has 1 aromatic carbocycles. The summed E-state index contributed by atoms with van der Waals surface area (Å²) >= 11 is 0. The lowest BCUT2D eigenvalue weighted by molar-refractivity contribution is 0.00801. The number of hydrogen-bond acceptors (Lipinski definition) is 8. The molecule has 1 aliphatic rings. The molecule has 10 nitrogen and oxygen atoms in total. The third kappa shape index (κ3) is 5.99. The highest BCUT2D eigenvalue weighted by molar-refractivity contribution is 5.91. The molecule has 4 N–H and O–H groups in total. The number of rotatable bonds is 5. The minimum absolute atomic E-state index is 0.000373. The number of aliphatic hydroxyl groups is 2. The van der Waals surface area contributed by atoms with Crippen molar-refractivity contribution in [1.29, 1.82) is 0 Å². The summed E-state index contributed by atoms with van der Waals surface area (Å²) < 4.78 is 20.2. The summed E-state index contributed by atoms with van der Waals surface area (Å²) in [6, 6.07) is 10.3. The SMILES string of the molecule is CC(C)(C)OC(=O)NCc1ccc(-c2ccnc3nc(-c4ccc(N5CC[C@H](O)[C@@H](O)C5)cn4)[nH]c23)cc1F. The van der Waals surface area contributed by atoms with Crippen molar-refractivity contribution >= 4 is 22.9 Å². The first-order chi connectivity index (χ1) is 18.6. The van der Waals surface area contributed by atoms with Gasteiger partial charge in [-0.1, -0.05) is 12.1 Å². The number of aromatic amines is 1. The van der Waals surface area contributed by atoms with Crippen molar-refractivity contribution in [3.8, 4) is 22.6 Å². The Bertz CT molecular complexity index is 1480. The first-order valence-electron chi connectivity index (χ1n) is 12.8. The van der Waals surface area contributed by atoms with E-state index in [2.05, 4.69) is 25.3 Å². The second-order valence-electron chi connectivity index (χ2n) is 10.6. The molecular weight excluding hydrogens is 503 g/mol. The Morgan fingerprint density at radius 3 is 2.69 bits per heavy atom. The summed E-state index contributed by atoms with van der Waals surface area (Å²) in [5.74, 6) is 0.0603.